The third kappa shape index (κ3) is 2.42. The van der Waals surface area contributed by atoms with E-state index in [2.05, 4.69) is 14.7 Å². The van der Waals surface area contributed by atoms with E-state index in [0.717, 1.165) is 5.69 Å². The summed E-state index contributed by atoms with van der Waals surface area (Å²) in [6, 6.07) is 0. The van der Waals surface area contributed by atoms with Gasteiger partial charge in [-0.15, -0.1) is 0 Å². The summed E-state index contributed by atoms with van der Waals surface area (Å²) in [5.41, 5.74) is 1.44. The number of rotatable bonds is 3. The highest BCUT2D eigenvalue weighted by molar-refractivity contribution is 6.30. The fourth-order valence-corrected chi connectivity index (χ4v) is 1.34. The molecule has 0 N–H and O–H groups in total. The van der Waals surface area contributed by atoms with Crippen molar-refractivity contribution in [3.63, 3.8) is 0 Å². The minimum atomic E-state index is -0.337. The van der Waals surface area contributed by atoms with Crippen LogP contribution in [0.5, 0.6) is 0 Å². The minimum absolute atomic E-state index is 0.124. The van der Waals surface area contributed by atoms with Crippen molar-refractivity contribution in [3.8, 4) is 0 Å². The molecule has 0 unspecified atom stereocenters. The number of carbonyl (C=O) groups excluding carboxylic acids is 1. The van der Waals surface area contributed by atoms with Crippen LogP contribution in [-0.4, -0.2) is 23.0 Å². The molecule has 0 bridgehead atoms. The van der Waals surface area contributed by atoms with Crippen molar-refractivity contribution in [2.75, 3.05) is 7.11 Å². The molecule has 0 saturated heterocycles. The summed E-state index contributed by atoms with van der Waals surface area (Å²) in [4.78, 5) is 18.9. The lowest BCUT2D eigenvalue weighted by atomic mass is 10.1. The molecular formula is C9H11ClN2O2. The molecule has 0 aliphatic carbocycles. The first kappa shape index (κ1) is 10.9. The fraction of sp³-hybridized carbons (Fsp3) is 0.444. The van der Waals surface area contributed by atoms with E-state index in [1.165, 1.54) is 13.4 Å². The second-order valence-corrected chi connectivity index (χ2v) is 3.05. The van der Waals surface area contributed by atoms with Gasteiger partial charge in [-0.2, -0.15) is 0 Å². The number of carbonyl (C=O) groups is 1. The number of aromatic nitrogens is 2. The molecule has 1 aromatic heterocycles. The summed E-state index contributed by atoms with van der Waals surface area (Å²) in [6.07, 6.45) is 2.23. The predicted octanol–water partition coefficient (Wildman–Crippen LogP) is 1.41. The molecule has 0 saturated carbocycles. The molecule has 0 radical (unpaired) electrons. The first-order valence-corrected chi connectivity index (χ1v) is 4.61. The lowest BCUT2D eigenvalue weighted by Gasteiger charge is -2.06. The highest BCUT2D eigenvalue weighted by Gasteiger charge is 2.12. The van der Waals surface area contributed by atoms with Crippen molar-refractivity contribution >= 4 is 17.6 Å². The average Bonchev–Trinajstić information content (AvgIpc) is 2.20. The van der Waals surface area contributed by atoms with Gasteiger partial charge < -0.3 is 4.74 Å². The van der Waals surface area contributed by atoms with Gasteiger partial charge in [0.05, 0.1) is 13.5 Å². The Morgan fingerprint density at radius 1 is 1.57 bits per heavy atom. The SMILES string of the molecule is CCc1ncnc(Cl)c1CC(=O)OC. The van der Waals surface area contributed by atoms with E-state index in [-0.39, 0.29) is 12.4 Å². The van der Waals surface area contributed by atoms with Crippen LogP contribution in [0, 0.1) is 0 Å². The number of esters is 1. The van der Waals surface area contributed by atoms with Crippen molar-refractivity contribution in [1.82, 2.24) is 9.97 Å². The van der Waals surface area contributed by atoms with Crippen LogP contribution < -0.4 is 0 Å². The molecule has 0 aliphatic heterocycles. The number of methoxy groups -OCH3 is 1. The Hall–Kier alpha value is -1.16. The van der Waals surface area contributed by atoms with Gasteiger partial charge in [0.15, 0.2) is 0 Å². The predicted molar refractivity (Wildman–Crippen MR) is 52.1 cm³/mol. The first-order chi connectivity index (χ1) is 6.69. The van der Waals surface area contributed by atoms with Gasteiger partial charge in [-0.05, 0) is 6.42 Å². The first-order valence-electron chi connectivity index (χ1n) is 4.24. The van der Waals surface area contributed by atoms with Crippen LogP contribution in [0.1, 0.15) is 18.2 Å². The summed E-state index contributed by atoms with van der Waals surface area (Å²) in [7, 11) is 1.34. The molecule has 1 aromatic rings. The van der Waals surface area contributed by atoms with E-state index >= 15 is 0 Å². The number of hydrogen-bond donors (Lipinski definition) is 0. The smallest absolute Gasteiger partial charge is 0.310 e. The maximum atomic E-state index is 11.1. The quantitative estimate of drug-likeness (QED) is 0.564. The highest BCUT2D eigenvalue weighted by Crippen LogP contribution is 2.16. The van der Waals surface area contributed by atoms with Crippen molar-refractivity contribution in [2.24, 2.45) is 0 Å². The second-order valence-electron chi connectivity index (χ2n) is 2.70. The maximum Gasteiger partial charge on any atom is 0.310 e. The number of halogens is 1. The Balaban J connectivity index is 2.98. The van der Waals surface area contributed by atoms with Gasteiger partial charge in [-0.1, -0.05) is 18.5 Å². The molecule has 0 aromatic carbocycles. The summed E-state index contributed by atoms with van der Waals surface area (Å²) in [6.45, 7) is 1.94. The second kappa shape index (κ2) is 4.91. The van der Waals surface area contributed by atoms with E-state index in [0.29, 0.717) is 17.1 Å². The largest absolute Gasteiger partial charge is 0.469 e. The molecule has 0 fully saturated rings. The van der Waals surface area contributed by atoms with E-state index in [9.17, 15) is 4.79 Å². The van der Waals surface area contributed by atoms with Crippen molar-refractivity contribution < 1.29 is 9.53 Å². The lowest BCUT2D eigenvalue weighted by molar-refractivity contribution is -0.139. The molecule has 0 amide bonds. The average molecular weight is 215 g/mol. The van der Waals surface area contributed by atoms with Gasteiger partial charge in [0.25, 0.3) is 0 Å². The molecule has 4 nitrogen and oxygen atoms in total. The molecule has 0 atom stereocenters. The topological polar surface area (TPSA) is 52.1 Å². The molecular weight excluding hydrogens is 204 g/mol. The maximum absolute atomic E-state index is 11.1. The van der Waals surface area contributed by atoms with Gasteiger partial charge in [-0.25, -0.2) is 9.97 Å². The third-order valence-corrected chi connectivity index (χ3v) is 2.19. The fourth-order valence-electron chi connectivity index (χ4n) is 1.12. The van der Waals surface area contributed by atoms with E-state index in [4.69, 9.17) is 11.6 Å². The minimum Gasteiger partial charge on any atom is -0.469 e. The van der Waals surface area contributed by atoms with Crippen LogP contribution >= 0.6 is 11.6 Å². The third-order valence-electron chi connectivity index (χ3n) is 1.87. The zero-order chi connectivity index (χ0) is 10.6. The van der Waals surface area contributed by atoms with E-state index in [1.807, 2.05) is 6.92 Å². The Morgan fingerprint density at radius 3 is 2.86 bits per heavy atom. The zero-order valence-electron chi connectivity index (χ0n) is 8.08. The summed E-state index contributed by atoms with van der Waals surface area (Å²) < 4.78 is 4.56. The Morgan fingerprint density at radius 2 is 2.29 bits per heavy atom. The lowest BCUT2D eigenvalue weighted by Crippen LogP contribution is -2.09. The van der Waals surface area contributed by atoms with Crippen LogP contribution in [0.3, 0.4) is 0 Å². The highest BCUT2D eigenvalue weighted by atomic mass is 35.5. The van der Waals surface area contributed by atoms with Crippen molar-refractivity contribution in [3.05, 3.63) is 22.7 Å². The Kier molecular flexibility index (Phi) is 3.83. The zero-order valence-corrected chi connectivity index (χ0v) is 8.84. The molecule has 0 aliphatic rings. The number of aryl methyl sites for hydroxylation is 1. The van der Waals surface area contributed by atoms with Crippen LogP contribution in [0.25, 0.3) is 0 Å². The summed E-state index contributed by atoms with van der Waals surface area (Å²) in [5, 5.41) is 0.322. The normalized spacial score (nSPS) is 9.93. The summed E-state index contributed by atoms with van der Waals surface area (Å²) in [5.74, 6) is -0.337. The number of nitrogens with zero attached hydrogens (tertiary/aromatic N) is 2. The van der Waals surface area contributed by atoms with E-state index in [1.54, 1.807) is 0 Å². The van der Waals surface area contributed by atoms with Gasteiger partial charge in [0, 0.05) is 11.3 Å². The van der Waals surface area contributed by atoms with Crippen LogP contribution in [-0.2, 0) is 22.4 Å². The van der Waals surface area contributed by atoms with Gasteiger partial charge in [0.1, 0.15) is 11.5 Å². The van der Waals surface area contributed by atoms with Crippen LogP contribution in [0.15, 0.2) is 6.33 Å². The molecule has 0 spiro atoms. The van der Waals surface area contributed by atoms with Crippen molar-refractivity contribution in [2.45, 2.75) is 19.8 Å². The molecule has 1 heterocycles. The molecule has 76 valence electrons. The monoisotopic (exact) mass is 214 g/mol. The molecule has 5 heteroatoms. The van der Waals surface area contributed by atoms with Crippen LogP contribution in [0.2, 0.25) is 5.15 Å². The number of ether oxygens (including phenoxy) is 1. The van der Waals surface area contributed by atoms with Crippen LogP contribution in [0.4, 0.5) is 0 Å². The van der Waals surface area contributed by atoms with E-state index < -0.39 is 0 Å². The standard InChI is InChI=1S/C9H11ClN2O2/c1-3-7-6(4-8(13)14-2)9(10)12-5-11-7/h5H,3-4H2,1-2H3. The van der Waals surface area contributed by atoms with Gasteiger partial charge in [-0.3, -0.25) is 4.79 Å². The Bertz CT molecular complexity index is 342. The Labute approximate surface area is 87.3 Å². The van der Waals surface area contributed by atoms with Crippen molar-refractivity contribution in [1.29, 1.82) is 0 Å². The molecule has 14 heavy (non-hydrogen) atoms. The summed E-state index contributed by atoms with van der Waals surface area (Å²) >= 11 is 5.85. The molecule has 1 rings (SSSR count). The van der Waals surface area contributed by atoms with Gasteiger partial charge in [0.2, 0.25) is 0 Å². The number of hydrogen-bond acceptors (Lipinski definition) is 4. The van der Waals surface area contributed by atoms with Gasteiger partial charge >= 0.3 is 5.97 Å².